The maximum Gasteiger partial charge on any atom is 0.326 e. The number of ether oxygens (including phenoxy) is 1. The number of nitrogens with zero attached hydrogens (tertiary/aromatic N) is 2. The standard InChI is InChI=1S/C34H39FN4O5/c1-19-22(21-15-27(35)25(31(16-21)44-5)17-36-29-13-8-14-30(29)40)9-6-10-23(19)24-11-7-12-28(20(24)2)37-32(41)26-18-38(3)34(43)39(4)33(26)42/h6-7,9-12,15-16,26,29-30,36,40H,8,13-14,17-18H2,1-5H3,(H,37,41)/t26?,29-,30+/m1/s1. The van der Waals surface area contributed by atoms with E-state index in [1.54, 1.807) is 13.1 Å². The molecule has 1 aliphatic heterocycles. The van der Waals surface area contributed by atoms with Crippen LogP contribution in [-0.2, 0) is 16.1 Å². The van der Waals surface area contributed by atoms with E-state index in [4.69, 9.17) is 4.74 Å². The molecular formula is C34H39FN4O5. The van der Waals surface area contributed by atoms with E-state index < -0.39 is 29.9 Å². The second-order valence-corrected chi connectivity index (χ2v) is 11.7. The molecule has 5 rings (SSSR count). The predicted molar refractivity (Wildman–Crippen MR) is 167 cm³/mol. The summed E-state index contributed by atoms with van der Waals surface area (Å²) in [5.41, 5.74) is 6.00. The first-order valence-electron chi connectivity index (χ1n) is 14.8. The van der Waals surface area contributed by atoms with Gasteiger partial charge in [-0.05, 0) is 84.7 Å². The smallest absolute Gasteiger partial charge is 0.326 e. The fourth-order valence-corrected chi connectivity index (χ4v) is 6.26. The molecule has 1 aliphatic carbocycles. The van der Waals surface area contributed by atoms with Crippen molar-refractivity contribution in [3.63, 3.8) is 0 Å². The van der Waals surface area contributed by atoms with Crippen LogP contribution in [0.3, 0.4) is 0 Å². The highest BCUT2D eigenvalue weighted by molar-refractivity contribution is 6.12. The molecule has 1 saturated carbocycles. The van der Waals surface area contributed by atoms with Crippen molar-refractivity contribution < 1.29 is 28.6 Å². The molecule has 3 aromatic rings. The molecule has 1 heterocycles. The minimum absolute atomic E-state index is 0.00510. The predicted octanol–water partition coefficient (Wildman–Crippen LogP) is 4.87. The van der Waals surface area contributed by atoms with Crippen molar-refractivity contribution in [2.45, 2.75) is 51.8 Å². The van der Waals surface area contributed by atoms with Crippen LogP contribution < -0.4 is 15.4 Å². The van der Waals surface area contributed by atoms with Gasteiger partial charge in [0.1, 0.15) is 17.5 Å². The first kappa shape index (κ1) is 31.2. The van der Waals surface area contributed by atoms with Gasteiger partial charge in [0.15, 0.2) is 0 Å². The molecule has 44 heavy (non-hydrogen) atoms. The Kier molecular flexibility index (Phi) is 9.03. The molecule has 2 fully saturated rings. The largest absolute Gasteiger partial charge is 0.496 e. The van der Waals surface area contributed by atoms with Crippen LogP contribution in [-0.4, -0.2) is 72.6 Å². The van der Waals surface area contributed by atoms with Crippen molar-refractivity contribution in [2.75, 3.05) is 33.1 Å². The van der Waals surface area contributed by atoms with Crippen LogP contribution in [0.25, 0.3) is 22.3 Å². The molecule has 3 atom stereocenters. The van der Waals surface area contributed by atoms with E-state index in [2.05, 4.69) is 10.6 Å². The van der Waals surface area contributed by atoms with Crippen LogP contribution in [0.15, 0.2) is 48.5 Å². The van der Waals surface area contributed by atoms with E-state index in [9.17, 15) is 19.5 Å². The normalized spacial score (nSPS) is 20.3. The molecule has 1 saturated heterocycles. The number of carbonyl (C=O) groups excluding carboxylic acids is 3. The third-order valence-corrected chi connectivity index (χ3v) is 8.94. The number of rotatable bonds is 8. The number of halogens is 1. The Labute approximate surface area is 257 Å². The lowest BCUT2D eigenvalue weighted by Gasteiger charge is -2.33. The summed E-state index contributed by atoms with van der Waals surface area (Å²) in [6, 6.07) is 14.2. The molecule has 2 aliphatic rings. The minimum Gasteiger partial charge on any atom is -0.496 e. The average molecular weight is 603 g/mol. The number of hydrogen-bond donors (Lipinski definition) is 3. The lowest BCUT2D eigenvalue weighted by molar-refractivity contribution is -0.140. The van der Waals surface area contributed by atoms with Crippen LogP contribution in [0, 0.1) is 25.6 Å². The number of methoxy groups -OCH3 is 1. The van der Waals surface area contributed by atoms with Gasteiger partial charge in [0.2, 0.25) is 11.8 Å². The Bertz CT molecular complexity index is 1610. The fraction of sp³-hybridized carbons (Fsp3) is 0.382. The molecule has 232 valence electrons. The van der Waals surface area contributed by atoms with E-state index in [1.807, 2.05) is 50.2 Å². The zero-order valence-electron chi connectivity index (χ0n) is 25.7. The van der Waals surface area contributed by atoms with Gasteiger partial charge in [0.05, 0.1) is 13.2 Å². The van der Waals surface area contributed by atoms with Crippen LogP contribution in [0.1, 0.15) is 36.0 Å². The van der Waals surface area contributed by atoms with Crippen molar-refractivity contribution >= 4 is 23.5 Å². The summed E-state index contributed by atoms with van der Waals surface area (Å²) in [7, 11) is 4.45. The lowest BCUT2D eigenvalue weighted by Crippen LogP contribution is -2.56. The molecule has 3 aromatic carbocycles. The summed E-state index contributed by atoms with van der Waals surface area (Å²) < 4.78 is 21.1. The monoisotopic (exact) mass is 602 g/mol. The highest BCUT2D eigenvalue weighted by atomic mass is 19.1. The number of urea groups is 1. The van der Waals surface area contributed by atoms with Gasteiger partial charge in [-0.3, -0.25) is 14.5 Å². The van der Waals surface area contributed by atoms with Crippen LogP contribution in [0.4, 0.5) is 14.9 Å². The van der Waals surface area contributed by atoms with Gasteiger partial charge in [0, 0.05) is 44.5 Å². The molecule has 0 spiro atoms. The number of aliphatic hydroxyl groups excluding tert-OH is 1. The van der Waals surface area contributed by atoms with Gasteiger partial charge < -0.3 is 25.4 Å². The van der Waals surface area contributed by atoms with Crippen LogP contribution in [0.2, 0.25) is 0 Å². The third kappa shape index (κ3) is 5.92. The zero-order chi connectivity index (χ0) is 31.7. The topological polar surface area (TPSA) is 111 Å². The zero-order valence-corrected chi connectivity index (χ0v) is 25.7. The van der Waals surface area contributed by atoms with Crippen molar-refractivity contribution in [3.05, 3.63) is 71.0 Å². The Morgan fingerprint density at radius 3 is 2.39 bits per heavy atom. The van der Waals surface area contributed by atoms with E-state index >= 15 is 4.39 Å². The Morgan fingerprint density at radius 2 is 1.70 bits per heavy atom. The highest BCUT2D eigenvalue weighted by Gasteiger charge is 2.39. The SMILES string of the molecule is COc1cc(-c2cccc(-c3cccc(NC(=O)C4CN(C)C(=O)N(C)C4=O)c3C)c2C)cc(F)c1CN[C@@H]1CCC[C@@H]1O. The van der Waals surface area contributed by atoms with Crippen molar-refractivity contribution in [2.24, 2.45) is 5.92 Å². The quantitative estimate of drug-likeness (QED) is 0.318. The number of aliphatic hydroxyl groups is 1. The van der Waals surface area contributed by atoms with Gasteiger partial charge in [0.25, 0.3) is 0 Å². The fourth-order valence-electron chi connectivity index (χ4n) is 6.26. The van der Waals surface area contributed by atoms with E-state index in [1.165, 1.54) is 25.1 Å². The lowest BCUT2D eigenvalue weighted by atomic mass is 9.90. The van der Waals surface area contributed by atoms with Gasteiger partial charge in [-0.25, -0.2) is 9.18 Å². The molecule has 0 bridgehead atoms. The summed E-state index contributed by atoms with van der Waals surface area (Å²) in [4.78, 5) is 40.3. The molecule has 3 N–H and O–H groups in total. The Hall–Kier alpha value is -4.28. The van der Waals surface area contributed by atoms with E-state index in [0.29, 0.717) is 22.6 Å². The number of imide groups is 1. The molecule has 0 radical (unpaired) electrons. The number of hydrogen-bond acceptors (Lipinski definition) is 6. The maximum atomic E-state index is 15.5. The summed E-state index contributed by atoms with van der Waals surface area (Å²) in [6.07, 6.45) is 2.12. The number of anilines is 1. The molecule has 4 amide bonds. The molecule has 1 unspecified atom stereocenters. The molecule has 0 aromatic heterocycles. The summed E-state index contributed by atoms with van der Waals surface area (Å²) in [6.45, 7) is 4.13. The minimum atomic E-state index is -1.01. The van der Waals surface area contributed by atoms with Crippen LogP contribution >= 0.6 is 0 Å². The molecule has 9 nitrogen and oxygen atoms in total. The van der Waals surface area contributed by atoms with E-state index in [-0.39, 0.29) is 24.9 Å². The number of benzene rings is 3. The van der Waals surface area contributed by atoms with Crippen molar-refractivity contribution in [1.82, 2.24) is 15.1 Å². The Morgan fingerprint density at radius 1 is 1.02 bits per heavy atom. The second-order valence-electron chi connectivity index (χ2n) is 11.7. The highest BCUT2D eigenvalue weighted by Crippen LogP contribution is 2.38. The summed E-state index contributed by atoms with van der Waals surface area (Å²) in [5.74, 6) is -1.99. The molecule has 10 heteroatoms. The third-order valence-electron chi connectivity index (χ3n) is 8.94. The van der Waals surface area contributed by atoms with E-state index in [0.717, 1.165) is 52.0 Å². The second kappa shape index (κ2) is 12.8. The van der Waals surface area contributed by atoms with Crippen molar-refractivity contribution in [1.29, 1.82) is 0 Å². The number of nitrogens with one attached hydrogen (secondary N) is 2. The maximum absolute atomic E-state index is 15.5. The van der Waals surface area contributed by atoms with Crippen molar-refractivity contribution in [3.8, 4) is 28.0 Å². The first-order chi connectivity index (χ1) is 21.0. The average Bonchev–Trinajstić information content (AvgIpc) is 3.42. The number of amides is 4. The van der Waals surface area contributed by atoms with Gasteiger partial charge in [-0.1, -0.05) is 30.3 Å². The summed E-state index contributed by atoms with van der Waals surface area (Å²) >= 11 is 0. The first-order valence-corrected chi connectivity index (χ1v) is 14.8. The molecular weight excluding hydrogens is 563 g/mol. The Balaban J connectivity index is 1.42. The van der Waals surface area contributed by atoms with Gasteiger partial charge >= 0.3 is 6.03 Å². The van der Waals surface area contributed by atoms with Gasteiger partial charge in [-0.15, -0.1) is 0 Å². The van der Waals surface area contributed by atoms with Crippen LogP contribution in [0.5, 0.6) is 5.75 Å². The van der Waals surface area contributed by atoms with Gasteiger partial charge in [-0.2, -0.15) is 0 Å². The number of carbonyl (C=O) groups is 3. The summed E-state index contributed by atoms with van der Waals surface area (Å²) in [5, 5.41) is 16.3.